The summed E-state index contributed by atoms with van der Waals surface area (Å²) < 4.78 is 10.5. The van der Waals surface area contributed by atoms with E-state index < -0.39 is 0 Å². The van der Waals surface area contributed by atoms with Crippen molar-refractivity contribution in [2.75, 3.05) is 14.2 Å². The van der Waals surface area contributed by atoms with Crippen molar-refractivity contribution in [3.05, 3.63) is 23.8 Å². The molecule has 0 radical (unpaired) electrons. The first-order valence-electron chi connectivity index (χ1n) is 7.21. The van der Waals surface area contributed by atoms with Crippen LogP contribution in [0, 0.1) is 11.3 Å². The van der Waals surface area contributed by atoms with Gasteiger partial charge in [-0.15, -0.1) is 9.24 Å². The zero-order valence-electron chi connectivity index (χ0n) is 13.9. The van der Waals surface area contributed by atoms with Crippen LogP contribution < -0.4 is 9.47 Å². The third kappa shape index (κ3) is 5.96. The van der Waals surface area contributed by atoms with Crippen molar-refractivity contribution in [3.8, 4) is 11.5 Å². The van der Waals surface area contributed by atoms with Gasteiger partial charge in [-0.1, -0.05) is 27.7 Å². The molecule has 0 fully saturated rings. The molecule has 1 rings (SSSR count). The summed E-state index contributed by atoms with van der Waals surface area (Å²) in [6.45, 7) is 8.70. The average molecular weight is 318 g/mol. The van der Waals surface area contributed by atoms with Crippen molar-refractivity contribution >= 4 is 33.9 Å². The Morgan fingerprint density at radius 1 is 1.23 bits per heavy atom. The summed E-state index contributed by atoms with van der Waals surface area (Å²) in [5.74, 6) is 1.63. The van der Waals surface area contributed by atoms with Gasteiger partial charge in [-0.05, 0) is 29.9 Å². The van der Waals surface area contributed by atoms with E-state index in [0.29, 0.717) is 17.1 Å². The maximum absolute atomic E-state index is 12.7. The van der Waals surface area contributed by atoms with Gasteiger partial charge in [-0.25, -0.2) is 0 Å². The van der Waals surface area contributed by atoms with Crippen molar-refractivity contribution in [2.24, 2.45) is 11.3 Å². The zero-order valence-corrected chi connectivity index (χ0v) is 15.1. The molecular formula is C17H28LiO3P. The molecule has 3 nitrogen and oxygen atoms in total. The Kier molecular flexibility index (Phi) is 8.77. The van der Waals surface area contributed by atoms with E-state index in [9.17, 15) is 4.79 Å². The first-order chi connectivity index (χ1) is 9.69. The molecule has 0 amide bonds. The summed E-state index contributed by atoms with van der Waals surface area (Å²) >= 11 is 0. The van der Waals surface area contributed by atoms with Crippen LogP contribution in [0.3, 0.4) is 0 Å². The molecule has 1 aromatic carbocycles. The second-order valence-electron chi connectivity index (χ2n) is 6.70. The van der Waals surface area contributed by atoms with Gasteiger partial charge in [-0.3, -0.25) is 4.79 Å². The van der Waals surface area contributed by atoms with Crippen LogP contribution in [-0.4, -0.2) is 44.5 Å². The number of Topliss-reactive ketones (excluding diaryl/α,β-unsaturated/α-hetero) is 1. The molecule has 0 N–H and O–H groups in total. The van der Waals surface area contributed by atoms with Crippen molar-refractivity contribution in [3.63, 3.8) is 0 Å². The van der Waals surface area contributed by atoms with E-state index in [2.05, 4.69) is 36.9 Å². The van der Waals surface area contributed by atoms with Gasteiger partial charge in [0.15, 0.2) is 5.78 Å². The number of ether oxygens (including phenoxy) is 2. The van der Waals surface area contributed by atoms with E-state index >= 15 is 0 Å². The number of benzene rings is 1. The molecule has 0 saturated heterocycles. The van der Waals surface area contributed by atoms with E-state index in [1.807, 2.05) is 0 Å². The standard InChI is InChI=1S/C17H27O3P.Li.H/c1-11(10-17(2,3)4)16(21)15(18)13-8-7-12(19-5)9-14(13)20-6;;/h7-9,11,16H,10,21H2,1-6H3;;. The SMILES string of the molecule is COc1ccc(C(=O)C(P)C(C)CC(C)(C)C)c(OC)c1.[LiH]. The van der Waals surface area contributed by atoms with Gasteiger partial charge in [0.05, 0.1) is 19.8 Å². The number of carbonyl (C=O) groups is 1. The van der Waals surface area contributed by atoms with Crippen LogP contribution in [-0.2, 0) is 0 Å². The molecule has 0 saturated carbocycles. The van der Waals surface area contributed by atoms with Gasteiger partial charge in [0, 0.05) is 11.7 Å². The Hall–Kier alpha value is -0.483. The predicted octanol–water partition coefficient (Wildman–Crippen LogP) is 3.55. The second-order valence-corrected chi connectivity index (χ2v) is 7.42. The van der Waals surface area contributed by atoms with Gasteiger partial charge in [0.25, 0.3) is 0 Å². The van der Waals surface area contributed by atoms with Crippen LogP contribution in [0.2, 0.25) is 0 Å². The van der Waals surface area contributed by atoms with Crippen LogP contribution in [0.1, 0.15) is 44.5 Å². The van der Waals surface area contributed by atoms with E-state index in [4.69, 9.17) is 9.47 Å². The molecule has 0 heterocycles. The van der Waals surface area contributed by atoms with Gasteiger partial charge in [0.2, 0.25) is 0 Å². The molecule has 120 valence electrons. The van der Waals surface area contributed by atoms with Crippen LogP contribution in [0.25, 0.3) is 0 Å². The van der Waals surface area contributed by atoms with Crippen molar-refractivity contribution in [2.45, 2.75) is 39.8 Å². The molecule has 1 aromatic rings. The van der Waals surface area contributed by atoms with Crippen LogP contribution >= 0.6 is 9.24 Å². The summed E-state index contributed by atoms with van der Waals surface area (Å²) in [5, 5.41) is 0. The molecule has 0 bridgehead atoms. The topological polar surface area (TPSA) is 35.5 Å². The molecule has 5 heteroatoms. The fourth-order valence-electron chi connectivity index (χ4n) is 2.53. The number of rotatable bonds is 6. The van der Waals surface area contributed by atoms with Crippen molar-refractivity contribution < 1.29 is 14.3 Å². The van der Waals surface area contributed by atoms with Gasteiger partial charge in [0.1, 0.15) is 11.5 Å². The third-order valence-electron chi connectivity index (χ3n) is 3.52. The van der Waals surface area contributed by atoms with Gasteiger partial charge < -0.3 is 9.47 Å². The Labute approximate surface area is 148 Å². The Morgan fingerprint density at radius 3 is 2.27 bits per heavy atom. The zero-order chi connectivity index (χ0) is 16.2. The molecule has 0 aromatic heterocycles. The molecule has 3 unspecified atom stereocenters. The third-order valence-corrected chi connectivity index (χ3v) is 4.48. The van der Waals surface area contributed by atoms with E-state index in [0.717, 1.165) is 6.42 Å². The molecule has 3 atom stereocenters. The summed E-state index contributed by atoms with van der Waals surface area (Å²) in [5.41, 5.74) is 0.698. The first-order valence-corrected chi connectivity index (χ1v) is 7.88. The summed E-state index contributed by atoms with van der Waals surface area (Å²) in [4.78, 5) is 12.7. The van der Waals surface area contributed by atoms with E-state index in [1.165, 1.54) is 0 Å². The second kappa shape index (κ2) is 8.97. The molecule has 22 heavy (non-hydrogen) atoms. The number of carbonyl (C=O) groups excluding carboxylic acids is 1. The minimum atomic E-state index is -0.119. The molecule has 0 aliphatic rings. The van der Waals surface area contributed by atoms with Crippen LogP contribution in [0.4, 0.5) is 0 Å². The van der Waals surface area contributed by atoms with E-state index in [1.54, 1.807) is 32.4 Å². The fourth-order valence-corrected chi connectivity index (χ4v) is 2.85. The summed E-state index contributed by atoms with van der Waals surface area (Å²) in [6.07, 6.45) is 0.991. The first kappa shape index (κ1) is 21.5. The van der Waals surface area contributed by atoms with Crippen molar-refractivity contribution in [1.82, 2.24) is 0 Å². The number of hydrogen-bond donors (Lipinski definition) is 0. The van der Waals surface area contributed by atoms with E-state index in [-0.39, 0.29) is 41.6 Å². The normalized spacial score (nSPS) is 13.8. The Balaban J connectivity index is 0.00000441. The summed E-state index contributed by atoms with van der Waals surface area (Å²) in [6, 6.07) is 5.32. The number of ketones is 1. The van der Waals surface area contributed by atoms with Gasteiger partial charge >= 0.3 is 18.9 Å². The van der Waals surface area contributed by atoms with Crippen LogP contribution in [0.5, 0.6) is 11.5 Å². The molecule has 0 aliphatic heterocycles. The maximum atomic E-state index is 12.7. The minimum absolute atomic E-state index is 0. The molecule has 0 spiro atoms. The van der Waals surface area contributed by atoms with Crippen LogP contribution in [0.15, 0.2) is 18.2 Å². The molecular weight excluding hydrogens is 290 g/mol. The fraction of sp³-hybridized carbons (Fsp3) is 0.588. The predicted molar refractivity (Wildman–Crippen MR) is 97.8 cm³/mol. The number of hydrogen-bond acceptors (Lipinski definition) is 3. The summed E-state index contributed by atoms with van der Waals surface area (Å²) in [7, 11) is 5.86. The Bertz CT molecular complexity index is 497. The molecule has 0 aliphatic carbocycles. The quantitative estimate of drug-likeness (QED) is 0.457. The average Bonchev–Trinajstić information content (AvgIpc) is 2.43. The Morgan fingerprint density at radius 2 is 1.82 bits per heavy atom. The van der Waals surface area contributed by atoms with Gasteiger partial charge in [-0.2, -0.15) is 0 Å². The van der Waals surface area contributed by atoms with Crippen molar-refractivity contribution in [1.29, 1.82) is 0 Å². The number of methoxy groups -OCH3 is 2. The monoisotopic (exact) mass is 318 g/mol.